The molecule has 0 saturated carbocycles. The van der Waals surface area contributed by atoms with Gasteiger partial charge in [-0.05, 0) is 42.3 Å². The van der Waals surface area contributed by atoms with E-state index in [0.29, 0.717) is 12.1 Å². The van der Waals surface area contributed by atoms with Crippen molar-refractivity contribution in [2.45, 2.75) is 39.8 Å². The lowest BCUT2D eigenvalue weighted by Gasteiger charge is -2.24. The van der Waals surface area contributed by atoms with Gasteiger partial charge in [-0.15, -0.1) is 0 Å². The van der Waals surface area contributed by atoms with Crippen molar-refractivity contribution in [3.05, 3.63) is 65.2 Å². The molecule has 2 rings (SSSR count). The van der Waals surface area contributed by atoms with Gasteiger partial charge in [-0.2, -0.15) is 5.26 Å². The Hall–Kier alpha value is -2.64. The number of carbonyl (C=O) groups excluding carboxylic acids is 1. The van der Waals surface area contributed by atoms with Crippen LogP contribution in [-0.2, 0) is 17.9 Å². The summed E-state index contributed by atoms with van der Waals surface area (Å²) in [6.07, 6.45) is 2.24. The first kappa shape index (κ1) is 18.7. The smallest absolute Gasteiger partial charge is 0.221 e. The Labute approximate surface area is 150 Å². The minimum atomic E-state index is -0.103. The second-order valence-corrected chi connectivity index (χ2v) is 6.21. The van der Waals surface area contributed by atoms with E-state index in [-0.39, 0.29) is 5.91 Å². The zero-order chi connectivity index (χ0) is 18.1. The number of unbranched alkanes of at least 4 members (excludes halogenated alkanes) is 1. The normalized spacial score (nSPS) is 10.5. The highest BCUT2D eigenvalue weighted by Gasteiger charge is 2.12. The second-order valence-electron chi connectivity index (χ2n) is 6.21. The molecule has 0 fully saturated rings. The van der Waals surface area contributed by atoms with E-state index in [0.717, 1.165) is 37.2 Å². The number of benzene rings is 2. The highest BCUT2D eigenvalue weighted by Crippen LogP contribution is 2.21. The van der Waals surface area contributed by atoms with Gasteiger partial charge in [0.2, 0.25) is 5.91 Å². The molecule has 0 aromatic heterocycles. The molecule has 25 heavy (non-hydrogen) atoms. The van der Waals surface area contributed by atoms with E-state index in [4.69, 9.17) is 0 Å². The van der Waals surface area contributed by atoms with Gasteiger partial charge in [0.15, 0.2) is 0 Å². The van der Waals surface area contributed by atoms with Crippen molar-refractivity contribution in [2.75, 3.05) is 11.9 Å². The minimum absolute atomic E-state index is 0.103. The number of nitrogens with zero attached hydrogens (tertiary/aromatic N) is 2. The number of anilines is 1. The van der Waals surface area contributed by atoms with Gasteiger partial charge in [0.25, 0.3) is 0 Å². The van der Waals surface area contributed by atoms with Crippen LogP contribution in [0.2, 0.25) is 0 Å². The fourth-order valence-electron chi connectivity index (χ4n) is 2.78. The molecule has 0 heterocycles. The highest BCUT2D eigenvalue weighted by molar-refractivity contribution is 5.89. The van der Waals surface area contributed by atoms with Crippen molar-refractivity contribution in [2.24, 2.45) is 0 Å². The fraction of sp³-hybridized carbons (Fsp3) is 0.333. The summed E-state index contributed by atoms with van der Waals surface area (Å²) in [6, 6.07) is 18.0. The maximum Gasteiger partial charge on any atom is 0.221 e. The van der Waals surface area contributed by atoms with E-state index < -0.39 is 0 Å². The van der Waals surface area contributed by atoms with Gasteiger partial charge in [0, 0.05) is 25.7 Å². The van der Waals surface area contributed by atoms with E-state index in [1.165, 1.54) is 12.5 Å². The van der Waals surface area contributed by atoms with Crippen LogP contribution in [0.4, 0.5) is 5.69 Å². The van der Waals surface area contributed by atoms with Crippen LogP contribution in [-0.4, -0.2) is 17.4 Å². The Morgan fingerprint density at radius 3 is 2.56 bits per heavy atom. The fourth-order valence-corrected chi connectivity index (χ4v) is 2.78. The molecule has 0 saturated heterocycles. The molecule has 4 heteroatoms. The molecule has 2 aromatic rings. The predicted octanol–water partition coefficient (Wildman–Crippen LogP) is 4.32. The summed E-state index contributed by atoms with van der Waals surface area (Å²) in [5, 5.41) is 12.1. The van der Waals surface area contributed by atoms with Crippen molar-refractivity contribution in [3.63, 3.8) is 0 Å². The molecule has 2 aromatic carbocycles. The number of nitrogens with one attached hydrogen (secondary N) is 1. The quantitative estimate of drug-likeness (QED) is 0.781. The van der Waals surface area contributed by atoms with Crippen LogP contribution in [0, 0.1) is 11.3 Å². The molecule has 130 valence electrons. The maximum atomic E-state index is 11.5. The van der Waals surface area contributed by atoms with Crippen LogP contribution in [0.15, 0.2) is 48.5 Å². The van der Waals surface area contributed by atoms with Crippen molar-refractivity contribution >= 4 is 11.6 Å². The van der Waals surface area contributed by atoms with E-state index in [2.05, 4.69) is 35.3 Å². The number of rotatable bonds is 8. The molecule has 0 aliphatic rings. The number of amides is 1. The summed E-state index contributed by atoms with van der Waals surface area (Å²) in [4.78, 5) is 13.8. The standard InChI is InChI=1S/C21H25N3O/c1-3-4-12-24(15-18-8-6-5-7-9-18)16-20-13-19(14-22)10-11-21(20)23-17(2)25/h5-11,13H,3-4,12,15-16H2,1-2H3,(H,23,25). The molecule has 1 amide bonds. The topological polar surface area (TPSA) is 56.1 Å². The van der Waals surface area contributed by atoms with E-state index in [1.54, 1.807) is 6.07 Å². The van der Waals surface area contributed by atoms with Crippen LogP contribution < -0.4 is 5.32 Å². The summed E-state index contributed by atoms with van der Waals surface area (Å²) in [5.74, 6) is -0.103. The summed E-state index contributed by atoms with van der Waals surface area (Å²) in [7, 11) is 0. The Morgan fingerprint density at radius 1 is 1.16 bits per heavy atom. The second kappa shape index (κ2) is 9.61. The number of hydrogen-bond donors (Lipinski definition) is 1. The molecule has 0 bridgehead atoms. The zero-order valence-corrected chi connectivity index (χ0v) is 15.0. The molecule has 0 aliphatic carbocycles. The molecule has 0 spiro atoms. The monoisotopic (exact) mass is 335 g/mol. The Balaban J connectivity index is 2.23. The van der Waals surface area contributed by atoms with Crippen molar-refractivity contribution in [1.82, 2.24) is 4.90 Å². The minimum Gasteiger partial charge on any atom is -0.326 e. The Kier molecular flexibility index (Phi) is 7.18. The van der Waals surface area contributed by atoms with Crippen LogP contribution in [0.1, 0.15) is 43.4 Å². The summed E-state index contributed by atoms with van der Waals surface area (Å²) < 4.78 is 0. The first-order valence-electron chi connectivity index (χ1n) is 8.69. The number of nitriles is 1. The summed E-state index contributed by atoms with van der Waals surface area (Å²) in [6.45, 7) is 6.19. The summed E-state index contributed by atoms with van der Waals surface area (Å²) >= 11 is 0. The Morgan fingerprint density at radius 2 is 1.92 bits per heavy atom. The van der Waals surface area contributed by atoms with Gasteiger partial charge in [-0.1, -0.05) is 43.7 Å². The maximum absolute atomic E-state index is 11.5. The van der Waals surface area contributed by atoms with Gasteiger partial charge in [0.05, 0.1) is 11.6 Å². The molecule has 1 N–H and O–H groups in total. The van der Waals surface area contributed by atoms with Crippen LogP contribution in [0.25, 0.3) is 0 Å². The van der Waals surface area contributed by atoms with Crippen LogP contribution >= 0.6 is 0 Å². The van der Waals surface area contributed by atoms with Crippen molar-refractivity contribution in [1.29, 1.82) is 5.26 Å². The molecule has 0 atom stereocenters. The largest absolute Gasteiger partial charge is 0.326 e. The molecule has 0 aliphatic heterocycles. The highest BCUT2D eigenvalue weighted by atomic mass is 16.1. The number of carbonyl (C=O) groups is 1. The van der Waals surface area contributed by atoms with E-state index in [1.807, 2.05) is 30.3 Å². The molecular formula is C21H25N3O. The van der Waals surface area contributed by atoms with Gasteiger partial charge in [-0.25, -0.2) is 0 Å². The predicted molar refractivity (Wildman–Crippen MR) is 101 cm³/mol. The SMILES string of the molecule is CCCCN(Cc1ccccc1)Cc1cc(C#N)ccc1NC(C)=O. The third-order valence-corrected chi connectivity index (χ3v) is 4.02. The van der Waals surface area contributed by atoms with Gasteiger partial charge < -0.3 is 5.32 Å². The van der Waals surface area contributed by atoms with E-state index >= 15 is 0 Å². The van der Waals surface area contributed by atoms with Crippen LogP contribution in [0.5, 0.6) is 0 Å². The number of hydrogen-bond acceptors (Lipinski definition) is 3. The average molecular weight is 335 g/mol. The van der Waals surface area contributed by atoms with Gasteiger partial charge in [-0.3, -0.25) is 9.69 Å². The lowest BCUT2D eigenvalue weighted by atomic mass is 10.1. The molecule has 4 nitrogen and oxygen atoms in total. The third kappa shape index (κ3) is 6.06. The third-order valence-electron chi connectivity index (χ3n) is 4.02. The lowest BCUT2D eigenvalue weighted by Crippen LogP contribution is -2.25. The lowest BCUT2D eigenvalue weighted by molar-refractivity contribution is -0.114. The summed E-state index contributed by atoms with van der Waals surface area (Å²) in [5.41, 5.74) is 3.62. The molecule has 0 radical (unpaired) electrons. The zero-order valence-electron chi connectivity index (χ0n) is 15.0. The first-order chi connectivity index (χ1) is 12.1. The van der Waals surface area contributed by atoms with E-state index in [9.17, 15) is 10.1 Å². The molecule has 0 unspecified atom stereocenters. The first-order valence-corrected chi connectivity index (χ1v) is 8.69. The van der Waals surface area contributed by atoms with Gasteiger partial charge >= 0.3 is 0 Å². The van der Waals surface area contributed by atoms with Crippen molar-refractivity contribution in [3.8, 4) is 6.07 Å². The average Bonchev–Trinajstić information content (AvgIpc) is 2.61. The van der Waals surface area contributed by atoms with Crippen LogP contribution in [0.3, 0.4) is 0 Å². The molecular weight excluding hydrogens is 310 g/mol. The van der Waals surface area contributed by atoms with Crippen molar-refractivity contribution < 1.29 is 4.79 Å². The Bertz CT molecular complexity index is 735. The van der Waals surface area contributed by atoms with Gasteiger partial charge in [0.1, 0.15) is 0 Å².